The van der Waals surface area contributed by atoms with Crippen LogP contribution in [-0.2, 0) is 17.5 Å². The quantitative estimate of drug-likeness (QED) is 0.475. The van der Waals surface area contributed by atoms with Crippen LogP contribution in [-0.4, -0.2) is 49.7 Å². The number of alkyl halides is 3. The molecule has 5 rings (SSSR count). The zero-order chi connectivity index (χ0) is 23.9. The first kappa shape index (κ1) is 22.3. The van der Waals surface area contributed by atoms with E-state index in [-0.39, 0.29) is 5.69 Å². The summed E-state index contributed by atoms with van der Waals surface area (Å²) in [5, 5.41) is 6.62. The van der Waals surface area contributed by atoms with Crippen molar-refractivity contribution in [3.8, 4) is 0 Å². The normalized spacial score (nSPS) is 14.6. The molecule has 2 aromatic heterocycles. The first-order valence-electron chi connectivity index (χ1n) is 10.5. The number of thioether (sulfide) groups is 1. The number of carbonyl (C=O) groups excluding carboxylic acids is 1. The Bertz CT molecular complexity index is 1440. The molecular weight excluding hydrogens is 469 g/mol. The number of para-hydroxylation sites is 3. The van der Waals surface area contributed by atoms with Gasteiger partial charge < -0.3 is 10.2 Å². The van der Waals surface area contributed by atoms with Crippen LogP contribution in [0.4, 0.5) is 24.7 Å². The van der Waals surface area contributed by atoms with Gasteiger partial charge in [0.25, 0.3) is 0 Å². The van der Waals surface area contributed by atoms with Crippen molar-refractivity contribution < 1.29 is 18.0 Å². The molecule has 1 saturated heterocycles. The molecule has 12 heteroatoms. The van der Waals surface area contributed by atoms with Crippen molar-refractivity contribution in [1.29, 1.82) is 0 Å². The molecule has 0 bridgehead atoms. The van der Waals surface area contributed by atoms with Gasteiger partial charge in [-0.3, -0.25) is 4.79 Å². The number of anilines is 2. The Morgan fingerprint density at radius 2 is 1.76 bits per heavy atom. The van der Waals surface area contributed by atoms with E-state index in [9.17, 15) is 22.8 Å². The summed E-state index contributed by atoms with van der Waals surface area (Å²) < 4.78 is 42.1. The Morgan fingerprint density at radius 3 is 2.53 bits per heavy atom. The topological polar surface area (TPSA) is 84.5 Å². The molecule has 0 spiro atoms. The van der Waals surface area contributed by atoms with Gasteiger partial charge in [0, 0.05) is 24.6 Å². The average molecular weight is 488 g/mol. The van der Waals surface area contributed by atoms with Gasteiger partial charge in [-0.25, -0.2) is 18.9 Å². The highest BCUT2D eigenvalue weighted by atomic mass is 32.2. The van der Waals surface area contributed by atoms with Crippen LogP contribution in [0.15, 0.2) is 53.3 Å². The van der Waals surface area contributed by atoms with Crippen molar-refractivity contribution in [3.05, 3.63) is 64.6 Å². The van der Waals surface area contributed by atoms with Gasteiger partial charge in [0.05, 0.1) is 22.3 Å². The van der Waals surface area contributed by atoms with Gasteiger partial charge in [-0.15, -0.1) is 5.10 Å². The molecule has 0 saturated carbocycles. The van der Waals surface area contributed by atoms with E-state index in [2.05, 4.69) is 15.3 Å². The molecule has 34 heavy (non-hydrogen) atoms. The molecule has 0 atom stereocenters. The average Bonchev–Trinajstić information content (AvgIpc) is 3.14. The van der Waals surface area contributed by atoms with Crippen molar-refractivity contribution >= 4 is 45.9 Å². The van der Waals surface area contributed by atoms with E-state index in [0.717, 1.165) is 41.4 Å². The minimum absolute atomic E-state index is 0.305. The molecule has 1 amide bonds. The number of nitrogens with zero attached hydrogens (tertiary/aromatic N) is 5. The fraction of sp³-hybridized carbons (Fsp3) is 0.273. The number of hydrogen-bond acceptors (Lipinski definition) is 6. The summed E-state index contributed by atoms with van der Waals surface area (Å²) in [5.41, 5.74) is -0.471. The summed E-state index contributed by atoms with van der Waals surface area (Å²) in [6.07, 6.45) is -4.63. The maximum Gasteiger partial charge on any atom is 0.418 e. The monoisotopic (exact) mass is 488 g/mol. The minimum atomic E-state index is -4.63. The Balaban J connectivity index is 1.54. The van der Waals surface area contributed by atoms with Crippen LogP contribution < -0.4 is 15.9 Å². The van der Waals surface area contributed by atoms with Gasteiger partial charge in [0.15, 0.2) is 5.82 Å². The van der Waals surface area contributed by atoms with Crippen molar-refractivity contribution in [1.82, 2.24) is 19.2 Å². The predicted octanol–water partition coefficient (Wildman–Crippen LogP) is 3.25. The van der Waals surface area contributed by atoms with Crippen LogP contribution in [0, 0.1) is 0 Å². The SMILES string of the molecule is O=C(Cn1nc2c(N3CCSCC3)nc3ccccc3n2c1=O)Nc1ccccc1C(F)(F)F. The van der Waals surface area contributed by atoms with Crippen molar-refractivity contribution in [2.75, 3.05) is 34.8 Å². The number of carbonyl (C=O) groups is 1. The van der Waals surface area contributed by atoms with Gasteiger partial charge in [-0.05, 0) is 24.3 Å². The molecule has 1 N–H and O–H groups in total. The fourth-order valence-electron chi connectivity index (χ4n) is 3.94. The number of halogens is 3. The van der Waals surface area contributed by atoms with E-state index >= 15 is 0 Å². The van der Waals surface area contributed by atoms with Crippen LogP contribution >= 0.6 is 11.8 Å². The standard InChI is InChI=1S/C22H19F3N6O2S/c23-22(24,25)14-5-1-2-6-15(14)26-18(32)13-30-21(33)31-17-8-4-3-7-16(17)27-19(20(31)28-30)29-9-11-34-12-10-29/h1-8H,9-13H2,(H,26,32). The van der Waals surface area contributed by atoms with Gasteiger partial charge >= 0.3 is 11.9 Å². The highest BCUT2D eigenvalue weighted by molar-refractivity contribution is 7.99. The Kier molecular flexibility index (Phi) is 5.68. The van der Waals surface area contributed by atoms with Gasteiger partial charge in [0.1, 0.15) is 6.54 Å². The third-order valence-electron chi connectivity index (χ3n) is 5.50. The molecule has 8 nitrogen and oxygen atoms in total. The van der Waals surface area contributed by atoms with Crippen LogP contribution in [0.25, 0.3) is 16.7 Å². The Morgan fingerprint density at radius 1 is 1.06 bits per heavy atom. The highest BCUT2D eigenvalue weighted by Gasteiger charge is 2.33. The lowest BCUT2D eigenvalue weighted by atomic mass is 10.1. The Labute approximate surface area is 195 Å². The van der Waals surface area contributed by atoms with E-state index in [4.69, 9.17) is 4.98 Å². The van der Waals surface area contributed by atoms with E-state index in [1.807, 2.05) is 17.8 Å². The number of rotatable bonds is 4. The molecule has 176 valence electrons. The molecule has 4 aromatic rings. The maximum atomic E-state index is 13.3. The van der Waals surface area contributed by atoms with Crippen molar-refractivity contribution in [2.24, 2.45) is 0 Å². The van der Waals surface area contributed by atoms with E-state index in [1.54, 1.807) is 18.2 Å². The zero-order valence-corrected chi connectivity index (χ0v) is 18.6. The molecule has 1 fully saturated rings. The molecule has 1 aliphatic rings. The summed E-state index contributed by atoms with van der Waals surface area (Å²) in [6.45, 7) is 0.930. The largest absolute Gasteiger partial charge is 0.418 e. The fourth-order valence-corrected chi connectivity index (χ4v) is 4.84. The first-order valence-corrected chi connectivity index (χ1v) is 11.7. The number of amides is 1. The van der Waals surface area contributed by atoms with Gasteiger partial charge in [-0.1, -0.05) is 24.3 Å². The number of aromatic nitrogens is 4. The lowest BCUT2D eigenvalue weighted by Gasteiger charge is -2.27. The predicted molar refractivity (Wildman–Crippen MR) is 124 cm³/mol. The third-order valence-corrected chi connectivity index (χ3v) is 6.44. The minimum Gasteiger partial charge on any atom is -0.352 e. The highest BCUT2D eigenvalue weighted by Crippen LogP contribution is 2.34. The molecule has 3 heterocycles. The molecule has 1 aliphatic heterocycles. The lowest BCUT2D eigenvalue weighted by Crippen LogP contribution is -2.33. The smallest absolute Gasteiger partial charge is 0.352 e. The lowest BCUT2D eigenvalue weighted by molar-refractivity contribution is -0.137. The zero-order valence-electron chi connectivity index (χ0n) is 17.7. The Hall–Kier alpha value is -3.54. The number of hydrogen-bond donors (Lipinski definition) is 1. The molecule has 0 aliphatic carbocycles. The summed E-state index contributed by atoms with van der Waals surface area (Å²) in [4.78, 5) is 32.6. The van der Waals surface area contributed by atoms with E-state index in [0.29, 0.717) is 22.5 Å². The molecule has 2 aromatic carbocycles. The first-order chi connectivity index (χ1) is 16.3. The summed E-state index contributed by atoms with van der Waals surface area (Å²) in [5.74, 6) is 1.56. The van der Waals surface area contributed by atoms with Crippen LogP contribution in [0.1, 0.15) is 5.56 Å². The van der Waals surface area contributed by atoms with Crippen molar-refractivity contribution in [2.45, 2.75) is 12.7 Å². The van der Waals surface area contributed by atoms with E-state index < -0.39 is 29.9 Å². The summed E-state index contributed by atoms with van der Waals surface area (Å²) in [7, 11) is 0. The van der Waals surface area contributed by atoms with Gasteiger partial charge in [0.2, 0.25) is 11.6 Å². The maximum absolute atomic E-state index is 13.3. The summed E-state index contributed by atoms with van der Waals surface area (Å²) in [6, 6.07) is 11.8. The number of benzene rings is 2. The molecular formula is C22H19F3N6O2S. The van der Waals surface area contributed by atoms with E-state index in [1.165, 1.54) is 16.5 Å². The molecule has 0 unspecified atom stereocenters. The van der Waals surface area contributed by atoms with Crippen LogP contribution in [0.5, 0.6) is 0 Å². The molecule has 0 radical (unpaired) electrons. The van der Waals surface area contributed by atoms with Crippen LogP contribution in [0.2, 0.25) is 0 Å². The third kappa shape index (κ3) is 4.09. The number of fused-ring (bicyclic) bond motifs is 3. The second-order valence-electron chi connectivity index (χ2n) is 7.71. The summed E-state index contributed by atoms with van der Waals surface area (Å²) >= 11 is 1.83. The second kappa shape index (κ2) is 8.67. The second-order valence-corrected chi connectivity index (χ2v) is 8.94. The van der Waals surface area contributed by atoms with Gasteiger partial charge in [-0.2, -0.15) is 24.9 Å². The van der Waals surface area contributed by atoms with Crippen molar-refractivity contribution in [3.63, 3.8) is 0 Å². The van der Waals surface area contributed by atoms with Crippen LogP contribution in [0.3, 0.4) is 0 Å². The number of nitrogens with one attached hydrogen (secondary N) is 1.